The molecule has 6 aromatic rings. The number of nitrogens with one attached hydrogen (secondary N) is 1. The van der Waals surface area contributed by atoms with E-state index in [-0.39, 0.29) is 22.7 Å². The molecule has 1 N–H and O–H groups in total. The Kier molecular flexibility index (Phi) is 6.58. The molecule has 6 rings (SSSR count). The van der Waals surface area contributed by atoms with E-state index in [2.05, 4.69) is 5.32 Å². The molecular weight excluding hydrogens is 560 g/mol. The second-order valence-corrected chi connectivity index (χ2v) is 11.9. The molecule has 0 atom stereocenters. The van der Waals surface area contributed by atoms with Crippen molar-refractivity contribution in [2.24, 2.45) is 0 Å². The van der Waals surface area contributed by atoms with E-state index in [4.69, 9.17) is 4.42 Å². The van der Waals surface area contributed by atoms with Crippen molar-refractivity contribution in [2.75, 3.05) is 24.7 Å². The Labute approximate surface area is 240 Å². The maximum atomic E-state index is 14.0. The van der Waals surface area contributed by atoms with Crippen LogP contribution in [0.3, 0.4) is 0 Å². The van der Waals surface area contributed by atoms with E-state index in [0.29, 0.717) is 33.5 Å². The molecule has 0 bridgehead atoms. The van der Waals surface area contributed by atoms with Crippen molar-refractivity contribution in [1.82, 2.24) is 9.88 Å². The van der Waals surface area contributed by atoms with E-state index in [1.54, 1.807) is 24.3 Å². The van der Waals surface area contributed by atoms with Crippen molar-refractivity contribution in [3.63, 3.8) is 0 Å². The van der Waals surface area contributed by atoms with Gasteiger partial charge in [-0.05, 0) is 71.6 Å². The van der Waals surface area contributed by atoms with Crippen molar-refractivity contribution in [3.8, 4) is 28.1 Å². The SMILES string of the molecule is CNC(=O)c1c(-c2ccc(F)cc2)oc2cc(N(C)S(C)(=O)=O)c(-c3ccc4ccn(-c5cccc(F)c5)c4c3)cc12. The van der Waals surface area contributed by atoms with Crippen LogP contribution in [0.2, 0.25) is 0 Å². The minimum Gasteiger partial charge on any atom is -0.455 e. The van der Waals surface area contributed by atoms with E-state index < -0.39 is 21.7 Å². The molecule has 0 aliphatic carbocycles. The summed E-state index contributed by atoms with van der Waals surface area (Å²) in [5.41, 5.74) is 3.93. The normalized spacial score (nSPS) is 11.7. The summed E-state index contributed by atoms with van der Waals surface area (Å²) in [6, 6.07) is 22.7. The number of rotatable bonds is 6. The van der Waals surface area contributed by atoms with Crippen LogP contribution in [0.25, 0.3) is 50.0 Å². The van der Waals surface area contributed by atoms with Gasteiger partial charge in [0, 0.05) is 48.6 Å². The fraction of sp³-hybridized carbons (Fsp3) is 0.0938. The van der Waals surface area contributed by atoms with Gasteiger partial charge in [-0.2, -0.15) is 0 Å². The number of aromatic nitrogens is 1. The van der Waals surface area contributed by atoms with E-state index in [9.17, 15) is 22.0 Å². The Morgan fingerprint density at radius 3 is 2.33 bits per heavy atom. The highest BCUT2D eigenvalue weighted by Gasteiger charge is 2.26. The van der Waals surface area contributed by atoms with Crippen LogP contribution in [0.1, 0.15) is 10.4 Å². The van der Waals surface area contributed by atoms with E-state index in [0.717, 1.165) is 21.5 Å². The van der Waals surface area contributed by atoms with Gasteiger partial charge in [0.1, 0.15) is 23.0 Å². The van der Waals surface area contributed by atoms with Gasteiger partial charge in [-0.15, -0.1) is 0 Å². The first-order chi connectivity index (χ1) is 20.0. The molecule has 0 aliphatic rings. The minimum atomic E-state index is -3.70. The fourth-order valence-electron chi connectivity index (χ4n) is 5.10. The summed E-state index contributed by atoms with van der Waals surface area (Å²) in [6.07, 6.45) is 2.94. The highest BCUT2D eigenvalue weighted by atomic mass is 32.2. The van der Waals surface area contributed by atoms with Crippen LogP contribution in [-0.4, -0.2) is 39.2 Å². The zero-order valence-electron chi connectivity index (χ0n) is 22.9. The van der Waals surface area contributed by atoms with Gasteiger partial charge >= 0.3 is 0 Å². The molecular formula is C32H25F2N3O4S. The lowest BCUT2D eigenvalue weighted by Gasteiger charge is -2.21. The van der Waals surface area contributed by atoms with Crippen LogP contribution in [0.15, 0.2) is 95.5 Å². The van der Waals surface area contributed by atoms with Crippen LogP contribution < -0.4 is 9.62 Å². The number of anilines is 1. The molecule has 0 aliphatic heterocycles. The molecule has 7 nitrogen and oxygen atoms in total. The molecule has 42 heavy (non-hydrogen) atoms. The fourth-order valence-corrected chi connectivity index (χ4v) is 5.61. The second-order valence-electron chi connectivity index (χ2n) is 9.93. The number of furan rings is 1. The topological polar surface area (TPSA) is 84.6 Å². The number of hydrogen-bond donors (Lipinski definition) is 1. The predicted octanol–water partition coefficient (Wildman–Crippen LogP) is 6.74. The van der Waals surface area contributed by atoms with Crippen LogP contribution >= 0.6 is 0 Å². The zero-order valence-corrected chi connectivity index (χ0v) is 23.7. The van der Waals surface area contributed by atoms with Gasteiger partial charge in [0.25, 0.3) is 5.91 Å². The summed E-state index contributed by atoms with van der Waals surface area (Å²) < 4.78 is 62.3. The maximum absolute atomic E-state index is 14.0. The summed E-state index contributed by atoms with van der Waals surface area (Å²) >= 11 is 0. The van der Waals surface area contributed by atoms with Crippen LogP contribution in [0.4, 0.5) is 14.5 Å². The van der Waals surface area contributed by atoms with Gasteiger partial charge < -0.3 is 14.3 Å². The Balaban J connectivity index is 1.64. The third-order valence-electron chi connectivity index (χ3n) is 7.29. The number of carbonyl (C=O) groups is 1. The summed E-state index contributed by atoms with van der Waals surface area (Å²) in [7, 11) is -0.761. The Hall–Kier alpha value is -4.96. The smallest absolute Gasteiger partial charge is 0.255 e. The standard InChI is InChI=1S/C32H25F2N3O4S/c1-35-32(38)30-26-17-25(21-8-7-19-13-14-37(27(19)15-21)24-6-4-5-23(34)16-24)28(36(2)42(3,39)40)18-29(26)41-31(30)20-9-11-22(33)12-10-20/h4-18H,1-3H3,(H,35,38). The number of fused-ring (bicyclic) bond motifs is 2. The number of hydrogen-bond acceptors (Lipinski definition) is 4. The lowest BCUT2D eigenvalue weighted by atomic mass is 9.98. The van der Waals surface area contributed by atoms with Crippen LogP contribution in [-0.2, 0) is 10.0 Å². The number of halogens is 2. The second kappa shape index (κ2) is 10.1. The summed E-state index contributed by atoms with van der Waals surface area (Å²) in [5.74, 6) is -0.996. The molecule has 1 amide bonds. The van der Waals surface area contributed by atoms with Crippen molar-refractivity contribution >= 4 is 43.5 Å². The molecule has 0 saturated carbocycles. The Morgan fingerprint density at radius 2 is 1.64 bits per heavy atom. The Bertz CT molecular complexity index is 2120. The summed E-state index contributed by atoms with van der Waals surface area (Å²) in [6.45, 7) is 0. The van der Waals surface area contributed by atoms with E-state index in [1.807, 2.05) is 35.0 Å². The number of benzene rings is 4. The molecule has 0 radical (unpaired) electrons. The van der Waals surface area contributed by atoms with Gasteiger partial charge in [-0.25, -0.2) is 17.2 Å². The van der Waals surface area contributed by atoms with Crippen LogP contribution in [0.5, 0.6) is 0 Å². The van der Waals surface area contributed by atoms with Crippen molar-refractivity contribution in [3.05, 3.63) is 108 Å². The summed E-state index contributed by atoms with van der Waals surface area (Å²) in [4.78, 5) is 13.2. The van der Waals surface area contributed by atoms with Crippen molar-refractivity contribution in [1.29, 1.82) is 0 Å². The molecule has 0 fully saturated rings. The lowest BCUT2D eigenvalue weighted by Crippen LogP contribution is -2.25. The van der Waals surface area contributed by atoms with Gasteiger partial charge in [0.05, 0.1) is 23.0 Å². The number of sulfonamides is 1. The zero-order chi connectivity index (χ0) is 29.8. The molecule has 2 heterocycles. The van der Waals surface area contributed by atoms with Gasteiger partial charge in [0.15, 0.2) is 0 Å². The molecule has 10 heteroatoms. The first kappa shape index (κ1) is 27.2. The molecule has 2 aromatic heterocycles. The highest BCUT2D eigenvalue weighted by Crippen LogP contribution is 2.42. The van der Waals surface area contributed by atoms with Crippen LogP contribution in [0, 0.1) is 11.6 Å². The first-order valence-corrected chi connectivity index (χ1v) is 14.8. The third-order valence-corrected chi connectivity index (χ3v) is 8.49. The highest BCUT2D eigenvalue weighted by molar-refractivity contribution is 7.92. The Morgan fingerprint density at radius 1 is 0.905 bits per heavy atom. The lowest BCUT2D eigenvalue weighted by molar-refractivity contribution is 0.0964. The predicted molar refractivity (Wildman–Crippen MR) is 160 cm³/mol. The van der Waals surface area contributed by atoms with Crippen molar-refractivity contribution in [2.45, 2.75) is 0 Å². The molecule has 0 spiro atoms. The van der Waals surface area contributed by atoms with Gasteiger partial charge in [-0.3, -0.25) is 9.10 Å². The number of nitrogens with zero attached hydrogens (tertiary/aromatic N) is 2. The average Bonchev–Trinajstić information content (AvgIpc) is 3.56. The molecule has 4 aromatic carbocycles. The quantitative estimate of drug-likeness (QED) is 0.235. The largest absolute Gasteiger partial charge is 0.455 e. The third kappa shape index (κ3) is 4.69. The maximum Gasteiger partial charge on any atom is 0.255 e. The number of amides is 1. The van der Waals surface area contributed by atoms with Crippen molar-refractivity contribution < 1.29 is 26.4 Å². The average molecular weight is 586 g/mol. The van der Waals surface area contributed by atoms with Gasteiger partial charge in [-0.1, -0.05) is 18.2 Å². The first-order valence-electron chi connectivity index (χ1n) is 12.9. The minimum absolute atomic E-state index is 0.227. The molecule has 0 saturated heterocycles. The molecule has 0 unspecified atom stereocenters. The monoisotopic (exact) mass is 585 g/mol. The van der Waals surface area contributed by atoms with Gasteiger partial charge in [0.2, 0.25) is 10.0 Å². The number of carbonyl (C=O) groups excluding carboxylic acids is 1. The molecule has 212 valence electrons. The van der Waals surface area contributed by atoms with E-state index in [1.165, 1.54) is 50.5 Å². The summed E-state index contributed by atoms with van der Waals surface area (Å²) in [5, 5.41) is 3.99. The van der Waals surface area contributed by atoms with E-state index >= 15 is 0 Å².